The molecule has 1 saturated carbocycles. The number of nitrogens with zero attached hydrogens (tertiary/aromatic N) is 2. The quantitative estimate of drug-likeness (QED) is 0.332. The number of hydrogen-bond acceptors (Lipinski definition) is 4. The monoisotopic (exact) mass is 589 g/mol. The zero-order chi connectivity index (χ0) is 28.2. The molecule has 0 aromatic heterocycles. The molecule has 3 aromatic rings. The molecule has 39 heavy (non-hydrogen) atoms. The minimum Gasteiger partial charge on any atom is -0.352 e. The summed E-state index contributed by atoms with van der Waals surface area (Å²) < 4.78 is 27.9. The van der Waals surface area contributed by atoms with Crippen LogP contribution in [0.2, 0.25) is 10.0 Å². The second-order valence-corrected chi connectivity index (χ2v) is 12.8. The van der Waals surface area contributed by atoms with Crippen molar-refractivity contribution in [1.29, 1.82) is 0 Å². The second-order valence-electron chi connectivity index (χ2n) is 9.94. The predicted octanol–water partition coefficient (Wildman–Crippen LogP) is 5.63. The number of hydrogen-bond donors (Lipinski definition) is 1. The Hall–Kier alpha value is -2.65. The summed E-state index contributed by atoms with van der Waals surface area (Å²) in [7, 11) is -2.60. The van der Waals surface area contributed by atoms with Gasteiger partial charge >= 0.3 is 0 Å². The van der Waals surface area contributed by atoms with Gasteiger partial charge in [-0.05, 0) is 59.9 Å². The summed E-state index contributed by atoms with van der Waals surface area (Å²) >= 11 is 12.5. The van der Waals surface area contributed by atoms with Crippen LogP contribution in [0, 0.1) is 0 Å². The fourth-order valence-electron chi connectivity index (χ4n) is 4.99. The van der Waals surface area contributed by atoms with Gasteiger partial charge in [0.1, 0.15) is 6.04 Å². The lowest BCUT2D eigenvalue weighted by atomic mass is 10.1. The van der Waals surface area contributed by atoms with E-state index < -0.39 is 28.5 Å². The second kappa shape index (κ2) is 12.7. The zero-order valence-corrected chi connectivity index (χ0v) is 24.4. The highest BCUT2D eigenvalue weighted by molar-refractivity contribution is 7.89. The van der Waals surface area contributed by atoms with Gasteiger partial charge in [-0.2, -0.15) is 4.31 Å². The van der Waals surface area contributed by atoms with Crippen molar-refractivity contribution in [2.75, 3.05) is 13.6 Å². The molecular weight excluding hydrogens is 557 g/mol. The average molecular weight is 591 g/mol. The third kappa shape index (κ3) is 6.92. The molecule has 1 atom stereocenters. The van der Waals surface area contributed by atoms with E-state index in [4.69, 9.17) is 23.2 Å². The molecule has 208 valence electrons. The summed E-state index contributed by atoms with van der Waals surface area (Å²) in [6.45, 7) is 1.43. The van der Waals surface area contributed by atoms with E-state index in [1.54, 1.807) is 30.3 Å². The van der Waals surface area contributed by atoms with E-state index in [1.807, 2.05) is 31.2 Å². The molecule has 0 spiro atoms. The molecule has 4 rings (SSSR count). The van der Waals surface area contributed by atoms with Crippen LogP contribution in [-0.4, -0.2) is 55.1 Å². The van der Waals surface area contributed by atoms with Crippen molar-refractivity contribution in [2.24, 2.45) is 0 Å². The summed E-state index contributed by atoms with van der Waals surface area (Å²) in [5.74, 6) is -0.746. The van der Waals surface area contributed by atoms with E-state index >= 15 is 0 Å². The number of sulfonamides is 1. The maximum absolute atomic E-state index is 13.7. The van der Waals surface area contributed by atoms with Gasteiger partial charge in [-0.15, -0.1) is 0 Å². The van der Waals surface area contributed by atoms with Crippen LogP contribution in [0.25, 0.3) is 10.8 Å². The molecule has 3 aromatic carbocycles. The Morgan fingerprint density at radius 1 is 1.00 bits per heavy atom. The summed E-state index contributed by atoms with van der Waals surface area (Å²) in [4.78, 5) is 28.6. The Morgan fingerprint density at radius 2 is 1.69 bits per heavy atom. The van der Waals surface area contributed by atoms with E-state index in [9.17, 15) is 18.0 Å². The van der Waals surface area contributed by atoms with Gasteiger partial charge in [0.05, 0.1) is 11.4 Å². The van der Waals surface area contributed by atoms with Gasteiger partial charge in [-0.25, -0.2) is 8.42 Å². The normalized spacial score (nSPS) is 15.0. The van der Waals surface area contributed by atoms with E-state index in [0.717, 1.165) is 40.8 Å². The topological polar surface area (TPSA) is 86.8 Å². The Kier molecular flexibility index (Phi) is 9.54. The van der Waals surface area contributed by atoms with Crippen LogP contribution in [0.1, 0.15) is 44.6 Å². The minimum atomic E-state index is -3.98. The summed E-state index contributed by atoms with van der Waals surface area (Å²) in [5.41, 5.74) is 0.613. The molecule has 10 heteroatoms. The fraction of sp³-hybridized carbons (Fsp3) is 0.379. The van der Waals surface area contributed by atoms with Gasteiger partial charge in [0, 0.05) is 29.7 Å². The maximum atomic E-state index is 13.7. The van der Waals surface area contributed by atoms with Crippen molar-refractivity contribution in [3.05, 3.63) is 76.3 Å². The molecule has 1 fully saturated rings. The molecule has 1 aliphatic carbocycles. The van der Waals surface area contributed by atoms with E-state index in [2.05, 4.69) is 5.32 Å². The standard InChI is InChI=1S/C29H33Cl2N3O4S/c1-3-27(29(36)32-24-10-6-7-11-24)34(18-22-12-14-23(30)17-26(22)31)28(35)19-33(2)39(37,38)25-15-13-20-8-4-5-9-21(20)16-25/h4-5,8-9,12-17,24,27H,3,6-7,10-11,18-19H2,1-2H3,(H,32,36)/t27-/m1/s1. The van der Waals surface area contributed by atoms with Gasteiger partial charge in [0.2, 0.25) is 21.8 Å². The lowest BCUT2D eigenvalue weighted by molar-refractivity contribution is -0.141. The highest BCUT2D eigenvalue weighted by Gasteiger charge is 2.33. The Balaban J connectivity index is 1.59. The van der Waals surface area contributed by atoms with Gasteiger partial charge in [-0.1, -0.05) is 79.4 Å². The van der Waals surface area contributed by atoms with E-state index in [-0.39, 0.29) is 23.4 Å². The Bertz CT molecular complexity index is 1460. The average Bonchev–Trinajstić information content (AvgIpc) is 3.42. The van der Waals surface area contributed by atoms with Crippen LogP contribution in [0.15, 0.2) is 65.6 Å². The molecule has 0 bridgehead atoms. The molecule has 7 nitrogen and oxygen atoms in total. The predicted molar refractivity (Wildman–Crippen MR) is 155 cm³/mol. The van der Waals surface area contributed by atoms with E-state index in [1.165, 1.54) is 18.0 Å². The smallest absolute Gasteiger partial charge is 0.243 e. The van der Waals surface area contributed by atoms with Gasteiger partial charge in [0.25, 0.3) is 0 Å². The van der Waals surface area contributed by atoms with Crippen LogP contribution >= 0.6 is 23.2 Å². The van der Waals surface area contributed by atoms with Crippen LogP contribution in [0.5, 0.6) is 0 Å². The molecule has 0 aliphatic heterocycles. The lowest BCUT2D eigenvalue weighted by Crippen LogP contribution is -2.53. The van der Waals surface area contributed by atoms with Crippen LogP contribution < -0.4 is 5.32 Å². The van der Waals surface area contributed by atoms with Gasteiger partial charge < -0.3 is 10.2 Å². The van der Waals surface area contributed by atoms with Crippen molar-refractivity contribution in [3.8, 4) is 0 Å². The Labute approximate surface area is 240 Å². The minimum absolute atomic E-state index is 0.0370. The van der Waals surface area contributed by atoms with Gasteiger partial charge in [-0.3, -0.25) is 9.59 Å². The zero-order valence-electron chi connectivity index (χ0n) is 22.1. The van der Waals surface area contributed by atoms with Crippen LogP contribution in [-0.2, 0) is 26.2 Å². The SMILES string of the molecule is CC[C@H](C(=O)NC1CCCC1)N(Cc1ccc(Cl)cc1Cl)C(=O)CN(C)S(=O)(=O)c1ccc2ccccc2c1. The van der Waals surface area contributed by atoms with Crippen LogP contribution in [0.4, 0.5) is 0 Å². The lowest BCUT2D eigenvalue weighted by Gasteiger charge is -2.33. The summed E-state index contributed by atoms with van der Waals surface area (Å²) in [5, 5.41) is 5.60. The fourth-order valence-corrected chi connectivity index (χ4v) is 6.62. The van der Waals surface area contributed by atoms with Crippen molar-refractivity contribution in [1.82, 2.24) is 14.5 Å². The third-order valence-electron chi connectivity index (χ3n) is 7.23. The molecule has 0 saturated heterocycles. The number of halogens is 2. The maximum Gasteiger partial charge on any atom is 0.243 e. The molecule has 2 amide bonds. The highest BCUT2D eigenvalue weighted by Crippen LogP contribution is 2.26. The van der Waals surface area contributed by atoms with Crippen molar-refractivity contribution in [3.63, 3.8) is 0 Å². The van der Waals surface area contributed by atoms with Crippen molar-refractivity contribution in [2.45, 2.75) is 62.6 Å². The Morgan fingerprint density at radius 3 is 2.36 bits per heavy atom. The molecule has 0 heterocycles. The first-order valence-electron chi connectivity index (χ1n) is 13.1. The van der Waals surface area contributed by atoms with Crippen molar-refractivity contribution >= 4 is 55.8 Å². The van der Waals surface area contributed by atoms with Gasteiger partial charge in [0.15, 0.2) is 0 Å². The number of benzene rings is 3. The van der Waals surface area contributed by atoms with E-state index in [0.29, 0.717) is 22.0 Å². The first-order chi connectivity index (χ1) is 18.6. The van der Waals surface area contributed by atoms with Crippen LogP contribution in [0.3, 0.4) is 0 Å². The largest absolute Gasteiger partial charge is 0.352 e. The number of carbonyl (C=O) groups excluding carboxylic acids is 2. The number of rotatable bonds is 10. The number of likely N-dealkylation sites (N-methyl/N-ethyl adjacent to an activating group) is 1. The first-order valence-corrected chi connectivity index (χ1v) is 15.3. The third-order valence-corrected chi connectivity index (χ3v) is 9.62. The number of nitrogens with one attached hydrogen (secondary N) is 1. The molecule has 1 N–H and O–H groups in total. The molecule has 0 unspecified atom stereocenters. The molecule has 1 aliphatic rings. The number of fused-ring (bicyclic) bond motifs is 1. The van der Waals surface area contributed by atoms with Crippen molar-refractivity contribution < 1.29 is 18.0 Å². The highest BCUT2D eigenvalue weighted by atomic mass is 35.5. The summed E-state index contributed by atoms with van der Waals surface area (Å²) in [6.07, 6.45) is 4.29. The molecular formula is C29H33Cl2N3O4S. The molecule has 0 radical (unpaired) electrons. The number of carbonyl (C=O) groups is 2. The first kappa shape index (κ1) is 29.3. The number of amides is 2. The summed E-state index contributed by atoms with van der Waals surface area (Å²) in [6, 6.07) is 16.6.